The molecule has 2 fully saturated rings. The Morgan fingerprint density at radius 3 is 0.435 bits per heavy atom. The molecule has 2 saturated carbocycles. The van der Waals surface area contributed by atoms with Gasteiger partial charge in [-0.3, -0.25) is 6.58 Å². The van der Waals surface area contributed by atoms with Crippen molar-refractivity contribution in [1.82, 2.24) is 0 Å². The van der Waals surface area contributed by atoms with Gasteiger partial charge in [-0.15, -0.1) is 0 Å². The van der Waals surface area contributed by atoms with E-state index in [2.05, 4.69) is 82.4 Å². The first-order valence-corrected chi connectivity index (χ1v) is 7.91. The molecule has 0 heterocycles. The van der Waals surface area contributed by atoms with Gasteiger partial charge in [0.1, 0.15) is 0 Å². The predicted octanol–water partition coefficient (Wildman–Crippen LogP) is 6.55. The van der Waals surface area contributed by atoms with Gasteiger partial charge >= 0.3 is 0 Å². The number of hydrogen-bond donors (Lipinski definition) is 0. The molecule has 0 aromatic carbocycles. The monoisotopic (exact) mass is 345 g/mol. The van der Waals surface area contributed by atoms with E-state index in [1.807, 2.05) is 0 Å². The molecule has 0 bridgehead atoms. The van der Waals surface area contributed by atoms with Crippen molar-refractivity contribution in [2.75, 3.05) is 0 Å². The quantitative estimate of drug-likeness (QED) is 0.345. The molecule has 23 heavy (non-hydrogen) atoms. The minimum atomic E-state index is 0. The minimum Gasteiger partial charge on any atom is -0.521 e. The summed E-state index contributed by atoms with van der Waals surface area (Å²) in [6.07, 6.45) is 0. The third-order valence-electron chi connectivity index (χ3n) is 5.62. The summed E-state index contributed by atoms with van der Waals surface area (Å²) in [4.78, 5) is 0. The van der Waals surface area contributed by atoms with Crippen molar-refractivity contribution >= 4 is 0 Å². The summed E-state index contributed by atoms with van der Waals surface area (Å²) in [6, 6.07) is 0. The van der Waals surface area contributed by atoms with Crippen LogP contribution in [0.4, 0.5) is 0 Å². The van der Waals surface area contributed by atoms with E-state index in [0.29, 0.717) is 0 Å². The fraction of sp³-hybridized carbons (Fsp3) is 0.455. The van der Waals surface area contributed by atoms with Crippen molar-refractivity contribution in [3.63, 3.8) is 0 Å². The van der Waals surface area contributed by atoms with Crippen molar-refractivity contribution in [2.45, 2.75) is 69.2 Å². The molecule has 10 radical (unpaired) electrons. The van der Waals surface area contributed by atoms with E-state index in [1.165, 1.54) is 59.2 Å². The Labute approximate surface area is 163 Å². The topological polar surface area (TPSA) is 0 Å². The average Bonchev–Trinajstić information content (AvgIpc) is 2.81. The Kier molecular flexibility index (Phi) is 12.4. The van der Waals surface area contributed by atoms with Crippen LogP contribution in [0.5, 0.6) is 0 Å². The van der Waals surface area contributed by atoms with E-state index in [9.17, 15) is 0 Å². The van der Waals surface area contributed by atoms with Crippen LogP contribution in [0.1, 0.15) is 69.2 Å². The summed E-state index contributed by atoms with van der Waals surface area (Å²) >= 11 is 0. The van der Waals surface area contributed by atoms with Gasteiger partial charge in [0.05, 0.1) is 0 Å². The van der Waals surface area contributed by atoms with Crippen molar-refractivity contribution in [3.8, 4) is 0 Å². The summed E-state index contributed by atoms with van der Waals surface area (Å²) in [5.74, 6) is 14.7. The van der Waals surface area contributed by atoms with Crippen LogP contribution in [0.2, 0.25) is 0 Å². The fourth-order valence-corrected chi connectivity index (χ4v) is 2.81. The van der Waals surface area contributed by atoms with E-state index in [-0.39, 0.29) is 21.7 Å². The molecule has 2 aliphatic rings. The van der Waals surface area contributed by atoms with Crippen LogP contribution in [-0.4, -0.2) is 0 Å². The Hall–Kier alpha value is 0.454. The molecule has 0 nitrogen and oxygen atoms in total. The molecule has 0 spiro atoms. The van der Waals surface area contributed by atoms with E-state index < -0.39 is 0 Å². The number of hydrogen-bond acceptors (Lipinski definition) is 0. The third kappa shape index (κ3) is 5.74. The van der Waals surface area contributed by atoms with Crippen LogP contribution in [0, 0.1) is 65.8 Å². The molecule has 2 rings (SSSR count). The summed E-state index contributed by atoms with van der Waals surface area (Å²) < 4.78 is 0. The molecule has 126 valence electrons. The zero-order valence-corrected chi connectivity index (χ0v) is 18.3. The third-order valence-corrected chi connectivity index (χ3v) is 5.62. The van der Waals surface area contributed by atoms with Gasteiger partial charge in [-0.05, 0) is 59.2 Å². The maximum absolute atomic E-state index is 4.25. The van der Waals surface area contributed by atoms with E-state index in [1.54, 1.807) is 0 Å². The Morgan fingerprint density at radius 1 is 0.348 bits per heavy atom. The predicted molar refractivity (Wildman–Crippen MR) is 99.1 cm³/mol. The largest absolute Gasteiger partial charge is 0.521 e. The maximum Gasteiger partial charge on any atom is 0 e. The molecular weight excluding hydrogens is 312 g/mol. The second kappa shape index (κ2) is 11.1. The van der Waals surface area contributed by atoms with Crippen molar-refractivity contribution in [3.05, 3.63) is 72.3 Å². The smallest absolute Gasteiger partial charge is 0 e. The Morgan fingerprint density at radius 2 is 0.391 bits per heavy atom. The second-order valence-electron chi connectivity index (χ2n) is 6.25. The molecule has 0 aromatic rings. The molecule has 0 aromatic heterocycles. The molecule has 0 saturated heterocycles. The molecule has 1 heteroatoms. The number of rotatable bonds is 0. The van der Waals surface area contributed by atoms with E-state index >= 15 is 0 Å². The van der Waals surface area contributed by atoms with Crippen LogP contribution in [0.15, 0.2) is 6.58 Å². The van der Waals surface area contributed by atoms with Gasteiger partial charge in [-0.2, -0.15) is 0 Å². The van der Waals surface area contributed by atoms with Gasteiger partial charge in [0, 0.05) is 21.7 Å². The first kappa shape index (κ1) is 25.7. The summed E-state index contributed by atoms with van der Waals surface area (Å²) in [7, 11) is 0. The molecular formula is C22H33Ti-. The van der Waals surface area contributed by atoms with Gasteiger partial charge in [-0.1, -0.05) is 69.2 Å². The molecule has 0 atom stereocenters. The first-order chi connectivity index (χ1) is 10.1. The second-order valence-corrected chi connectivity index (χ2v) is 6.25. The van der Waals surface area contributed by atoms with Crippen LogP contribution in [0.25, 0.3) is 0 Å². The van der Waals surface area contributed by atoms with Crippen molar-refractivity contribution in [1.29, 1.82) is 0 Å². The Bertz CT molecular complexity index is 193. The standard InChI is InChI=1S/2C10H15.C2H3.Ti/c2*1-6-7(2)9(4)10(5)8(6)3;1-2;/h2*1-5H3;1H,2H2;/q;;-1;. The maximum atomic E-state index is 4.25. The first-order valence-electron chi connectivity index (χ1n) is 7.91. The van der Waals surface area contributed by atoms with Crippen molar-refractivity contribution in [2.24, 2.45) is 0 Å². The fourth-order valence-electron chi connectivity index (χ4n) is 2.81. The Balaban J connectivity index is 0. The normalized spacial score (nSPS) is 25.0. The van der Waals surface area contributed by atoms with Crippen LogP contribution >= 0.6 is 0 Å². The molecule has 0 N–H and O–H groups in total. The van der Waals surface area contributed by atoms with Gasteiger partial charge in [0.2, 0.25) is 0 Å². The zero-order valence-electron chi connectivity index (χ0n) is 16.8. The molecule has 0 aliphatic heterocycles. The van der Waals surface area contributed by atoms with Crippen LogP contribution in [0.3, 0.4) is 0 Å². The summed E-state index contributed by atoms with van der Waals surface area (Å²) in [5, 5.41) is 0. The molecule has 2 aliphatic carbocycles. The van der Waals surface area contributed by atoms with Gasteiger partial charge in [0.15, 0.2) is 0 Å². The van der Waals surface area contributed by atoms with E-state index in [0.717, 1.165) is 0 Å². The van der Waals surface area contributed by atoms with Gasteiger partial charge in [0.25, 0.3) is 0 Å². The summed E-state index contributed by atoms with van der Waals surface area (Å²) in [5.41, 5.74) is 0. The van der Waals surface area contributed by atoms with Gasteiger partial charge in [-0.25, -0.2) is 0 Å². The van der Waals surface area contributed by atoms with Crippen LogP contribution < -0.4 is 0 Å². The van der Waals surface area contributed by atoms with Gasteiger partial charge < -0.3 is 6.58 Å². The van der Waals surface area contributed by atoms with Crippen molar-refractivity contribution < 1.29 is 21.7 Å². The summed E-state index contributed by atoms with van der Waals surface area (Å²) in [6.45, 7) is 29.0. The van der Waals surface area contributed by atoms with E-state index in [4.69, 9.17) is 0 Å². The zero-order chi connectivity index (χ0) is 17.8. The molecule has 0 unspecified atom stereocenters. The van der Waals surface area contributed by atoms with Crippen LogP contribution in [-0.2, 0) is 21.7 Å². The SMILES string of the molecule is C[C]1[C](C)[C](C)[C](C)[C]1C.C[C]1[C](C)[C](C)[C](C)[C]1C.[CH-]=C.[Ti]. The average molecular weight is 345 g/mol. The minimum absolute atomic E-state index is 0. The molecule has 0 amide bonds.